The van der Waals surface area contributed by atoms with E-state index in [0.29, 0.717) is 5.92 Å². The molecule has 1 aromatic rings. The first-order valence-electron chi connectivity index (χ1n) is 6.48. The molecule has 2 rings (SSSR count). The zero-order chi connectivity index (χ0) is 12.1. The third-order valence-electron chi connectivity index (χ3n) is 3.28. The van der Waals surface area contributed by atoms with Gasteiger partial charge in [-0.05, 0) is 12.0 Å². The SMILES string of the molecule is CCC1=NCC(CC)C(Cc2ccccc2)=N1. The third kappa shape index (κ3) is 3.02. The molecule has 0 saturated heterocycles. The lowest BCUT2D eigenvalue weighted by molar-refractivity contribution is 0.659. The molecule has 0 spiro atoms. The van der Waals surface area contributed by atoms with Crippen LogP contribution in [0.2, 0.25) is 0 Å². The van der Waals surface area contributed by atoms with Crippen molar-refractivity contribution in [1.82, 2.24) is 0 Å². The van der Waals surface area contributed by atoms with Crippen LogP contribution < -0.4 is 0 Å². The summed E-state index contributed by atoms with van der Waals surface area (Å²) in [5, 5.41) is 0. The lowest BCUT2D eigenvalue weighted by Crippen LogP contribution is -2.25. The molecule has 0 N–H and O–H groups in total. The summed E-state index contributed by atoms with van der Waals surface area (Å²) in [7, 11) is 0. The quantitative estimate of drug-likeness (QED) is 0.753. The molecule has 2 nitrogen and oxygen atoms in total. The maximum absolute atomic E-state index is 4.71. The van der Waals surface area contributed by atoms with Gasteiger partial charge in [0.25, 0.3) is 0 Å². The molecule has 90 valence electrons. The number of amidine groups is 1. The van der Waals surface area contributed by atoms with Gasteiger partial charge in [0.1, 0.15) is 5.84 Å². The van der Waals surface area contributed by atoms with Crippen molar-refractivity contribution in [2.24, 2.45) is 15.9 Å². The van der Waals surface area contributed by atoms with Gasteiger partial charge in [-0.25, -0.2) is 4.99 Å². The predicted octanol–water partition coefficient (Wildman–Crippen LogP) is 3.52. The van der Waals surface area contributed by atoms with Crippen LogP contribution >= 0.6 is 0 Å². The van der Waals surface area contributed by atoms with E-state index in [0.717, 1.165) is 31.6 Å². The Bertz CT molecular complexity index is 418. The van der Waals surface area contributed by atoms with Gasteiger partial charge in [0, 0.05) is 31.0 Å². The minimum atomic E-state index is 0.533. The van der Waals surface area contributed by atoms with Crippen LogP contribution in [0.15, 0.2) is 40.3 Å². The second-order valence-electron chi connectivity index (χ2n) is 4.48. The Morgan fingerprint density at radius 1 is 1.18 bits per heavy atom. The van der Waals surface area contributed by atoms with Crippen molar-refractivity contribution in [3.8, 4) is 0 Å². The Kier molecular flexibility index (Phi) is 4.08. The minimum absolute atomic E-state index is 0.533. The fraction of sp³-hybridized carbons (Fsp3) is 0.467. The fourth-order valence-corrected chi connectivity index (χ4v) is 2.16. The molecule has 1 aliphatic rings. The molecule has 0 bridgehead atoms. The molecular formula is C15H20N2. The molecule has 1 unspecified atom stereocenters. The standard InChI is InChI=1S/C15H20N2/c1-3-13-11-16-15(4-2)17-14(13)10-12-8-6-5-7-9-12/h5-9,13H,3-4,10-11H2,1-2H3. The van der Waals surface area contributed by atoms with E-state index < -0.39 is 0 Å². The van der Waals surface area contributed by atoms with Gasteiger partial charge in [-0.2, -0.15) is 0 Å². The molecule has 1 aromatic carbocycles. The number of hydrogen-bond donors (Lipinski definition) is 0. The molecule has 17 heavy (non-hydrogen) atoms. The second kappa shape index (κ2) is 5.76. The van der Waals surface area contributed by atoms with Gasteiger partial charge in [0.05, 0.1) is 0 Å². The Labute approximate surface area is 104 Å². The topological polar surface area (TPSA) is 24.7 Å². The van der Waals surface area contributed by atoms with E-state index in [1.54, 1.807) is 0 Å². The normalized spacial score (nSPS) is 19.8. The smallest absolute Gasteiger partial charge is 0.122 e. The molecule has 2 heteroatoms. The van der Waals surface area contributed by atoms with Crippen LogP contribution in [-0.4, -0.2) is 18.1 Å². The van der Waals surface area contributed by atoms with Crippen molar-refractivity contribution >= 4 is 11.5 Å². The van der Waals surface area contributed by atoms with Crippen molar-refractivity contribution in [1.29, 1.82) is 0 Å². The summed E-state index contributed by atoms with van der Waals surface area (Å²) >= 11 is 0. The molecule has 0 radical (unpaired) electrons. The van der Waals surface area contributed by atoms with Crippen molar-refractivity contribution in [2.45, 2.75) is 33.1 Å². The number of nitrogens with zero attached hydrogens (tertiary/aromatic N) is 2. The summed E-state index contributed by atoms with van der Waals surface area (Å²) in [6, 6.07) is 10.6. The highest BCUT2D eigenvalue weighted by atomic mass is 15.0. The minimum Gasteiger partial charge on any atom is -0.270 e. The van der Waals surface area contributed by atoms with Gasteiger partial charge in [-0.1, -0.05) is 44.2 Å². The Morgan fingerprint density at radius 2 is 1.94 bits per heavy atom. The van der Waals surface area contributed by atoms with E-state index in [1.165, 1.54) is 11.3 Å². The summed E-state index contributed by atoms with van der Waals surface area (Å²) < 4.78 is 0. The maximum atomic E-state index is 4.71. The molecule has 0 aromatic heterocycles. The van der Waals surface area contributed by atoms with Gasteiger partial charge in [0.15, 0.2) is 0 Å². The highest BCUT2D eigenvalue weighted by Crippen LogP contribution is 2.16. The average Bonchev–Trinajstić information content (AvgIpc) is 2.40. The van der Waals surface area contributed by atoms with E-state index in [1.807, 2.05) is 0 Å². The van der Waals surface area contributed by atoms with Crippen LogP contribution in [0.4, 0.5) is 0 Å². The number of benzene rings is 1. The highest BCUT2D eigenvalue weighted by Gasteiger charge is 2.18. The third-order valence-corrected chi connectivity index (χ3v) is 3.28. The first-order chi connectivity index (χ1) is 8.33. The van der Waals surface area contributed by atoms with Crippen molar-refractivity contribution in [2.75, 3.05) is 6.54 Å². The van der Waals surface area contributed by atoms with Crippen LogP contribution in [0.3, 0.4) is 0 Å². The first-order valence-corrected chi connectivity index (χ1v) is 6.48. The fourth-order valence-electron chi connectivity index (χ4n) is 2.16. The van der Waals surface area contributed by atoms with E-state index >= 15 is 0 Å². The van der Waals surface area contributed by atoms with E-state index in [9.17, 15) is 0 Å². The van der Waals surface area contributed by atoms with E-state index in [4.69, 9.17) is 4.99 Å². The maximum Gasteiger partial charge on any atom is 0.122 e. The summed E-state index contributed by atoms with van der Waals surface area (Å²) in [5.41, 5.74) is 2.66. The van der Waals surface area contributed by atoms with Crippen molar-refractivity contribution in [3.63, 3.8) is 0 Å². The zero-order valence-electron chi connectivity index (χ0n) is 10.7. The molecule has 0 saturated carbocycles. The van der Waals surface area contributed by atoms with Crippen LogP contribution in [0, 0.1) is 5.92 Å². The molecule has 0 amide bonds. The van der Waals surface area contributed by atoms with Crippen LogP contribution in [-0.2, 0) is 6.42 Å². The average molecular weight is 228 g/mol. The lowest BCUT2D eigenvalue weighted by atomic mass is 9.93. The van der Waals surface area contributed by atoms with E-state index in [2.05, 4.69) is 49.2 Å². The van der Waals surface area contributed by atoms with Gasteiger partial charge in [-0.3, -0.25) is 4.99 Å². The molecular weight excluding hydrogens is 208 g/mol. The Morgan fingerprint density at radius 3 is 2.59 bits per heavy atom. The zero-order valence-corrected chi connectivity index (χ0v) is 10.7. The van der Waals surface area contributed by atoms with E-state index in [-0.39, 0.29) is 0 Å². The van der Waals surface area contributed by atoms with Gasteiger partial charge >= 0.3 is 0 Å². The second-order valence-corrected chi connectivity index (χ2v) is 4.48. The lowest BCUT2D eigenvalue weighted by Gasteiger charge is -2.20. The van der Waals surface area contributed by atoms with Crippen LogP contribution in [0.5, 0.6) is 0 Å². The van der Waals surface area contributed by atoms with Crippen molar-refractivity contribution in [3.05, 3.63) is 35.9 Å². The number of rotatable bonds is 4. The molecule has 0 fully saturated rings. The number of hydrogen-bond acceptors (Lipinski definition) is 2. The van der Waals surface area contributed by atoms with Gasteiger partial charge < -0.3 is 0 Å². The summed E-state index contributed by atoms with van der Waals surface area (Å²) in [6.45, 7) is 5.26. The van der Waals surface area contributed by atoms with Crippen LogP contribution in [0.25, 0.3) is 0 Å². The molecule has 0 aliphatic carbocycles. The Balaban J connectivity index is 2.16. The summed E-state index contributed by atoms with van der Waals surface area (Å²) in [5.74, 6) is 1.55. The van der Waals surface area contributed by atoms with Gasteiger partial charge in [-0.15, -0.1) is 0 Å². The van der Waals surface area contributed by atoms with Crippen molar-refractivity contribution < 1.29 is 0 Å². The predicted molar refractivity (Wildman–Crippen MR) is 74.0 cm³/mol. The van der Waals surface area contributed by atoms with Crippen LogP contribution in [0.1, 0.15) is 32.3 Å². The summed E-state index contributed by atoms with van der Waals surface area (Å²) in [4.78, 5) is 9.24. The molecule has 1 atom stereocenters. The monoisotopic (exact) mass is 228 g/mol. The summed E-state index contributed by atoms with van der Waals surface area (Å²) in [6.07, 6.45) is 3.04. The highest BCUT2D eigenvalue weighted by molar-refractivity contribution is 6.01. The molecule has 1 heterocycles. The largest absolute Gasteiger partial charge is 0.270 e. The Hall–Kier alpha value is -1.44. The number of aliphatic imine (C=N–C) groups is 2. The first kappa shape index (κ1) is 12.0. The van der Waals surface area contributed by atoms with Gasteiger partial charge in [0.2, 0.25) is 0 Å². The molecule has 1 aliphatic heterocycles.